The molecule has 0 aliphatic heterocycles. The average Bonchev–Trinajstić information content (AvgIpc) is 2.83. The first-order chi connectivity index (χ1) is 16.7. The van der Waals surface area contributed by atoms with Crippen molar-refractivity contribution in [3.05, 3.63) is 36.7 Å². The van der Waals surface area contributed by atoms with E-state index in [1.165, 1.54) is 64.2 Å². The molecule has 1 saturated carbocycles. The van der Waals surface area contributed by atoms with Gasteiger partial charge in [-0.3, -0.25) is 4.79 Å². The zero-order valence-corrected chi connectivity index (χ0v) is 22.0. The molecule has 0 N–H and O–H groups in total. The molecule has 34 heavy (non-hydrogen) atoms. The zero-order chi connectivity index (χ0) is 24.0. The molecule has 0 radical (unpaired) electrons. The van der Waals surface area contributed by atoms with Gasteiger partial charge in [0.1, 0.15) is 5.75 Å². The van der Waals surface area contributed by atoms with Gasteiger partial charge in [-0.1, -0.05) is 95.5 Å². The van der Waals surface area contributed by atoms with Crippen molar-refractivity contribution in [3.63, 3.8) is 0 Å². The minimum absolute atomic E-state index is 0.0606. The number of rotatable bonds is 16. The van der Waals surface area contributed by atoms with Gasteiger partial charge in [-0.15, -0.1) is 0 Å². The van der Waals surface area contributed by atoms with Gasteiger partial charge in [0.05, 0.1) is 5.92 Å². The minimum atomic E-state index is -0.0606. The first kappa shape index (κ1) is 26.7. The van der Waals surface area contributed by atoms with Gasteiger partial charge in [-0.05, 0) is 49.3 Å². The summed E-state index contributed by atoms with van der Waals surface area (Å²) >= 11 is 1.74. The fourth-order valence-corrected chi connectivity index (χ4v) is 5.34. The molecule has 1 aliphatic rings. The molecule has 0 spiro atoms. The summed E-state index contributed by atoms with van der Waals surface area (Å²) in [4.78, 5) is 21.7. The van der Waals surface area contributed by atoms with Crippen LogP contribution in [0.15, 0.2) is 41.8 Å². The van der Waals surface area contributed by atoms with Crippen molar-refractivity contribution in [3.8, 4) is 16.9 Å². The number of hydrogen-bond acceptors (Lipinski definition) is 5. The highest BCUT2D eigenvalue weighted by Gasteiger charge is 2.37. The summed E-state index contributed by atoms with van der Waals surface area (Å²) in [7, 11) is 0. The van der Waals surface area contributed by atoms with Gasteiger partial charge in [-0.25, -0.2) is 9.97 Å². The topological polar surface area (TPSA) is 52.1 Å². The van der Waals surface area contributed by atoms with Gasteiger partial charge >= 0.3 is 5.97 Å². The molecule has 4 nitrogen and oxygen atoms in total. The summed E-state index contributed by atoms with van der Waals surface area (Å²) in [6, 6.07) is 7.72. The number of benzene rings is 1. The predicted molar refractivity (Wildman–Crippen MR) is 142 cm³/mol. The van der Waals surface area contributed by atoms with Crippen molar-refractivity contribution in [2.45, 2.75) is 102 Å². The van der Waals surface area contributed by atoms with E-state index in [9.17, 15) is 4.79 Å². The van der Waals surface area contributed by atoms with Crippen LogP contribution in [-0.4, -0.2) is 21.7 Å². The van der Waals surface area contributed by atoms with Crippen molar-refractivity contribution in [1.82, 2.24) is 9.97 Å². The predicted octanol–water partition coefficient (Wildman–Crippen LogP) is 8.50. The van der Waals surface area contributed by atoms with Crippen molar-refractivity contribution in [2.75, 3.05) is 5.75 Å². The number of hydrogen-bond donors (Lipinski definition) is 0. The Bertz CT molecular complexity index is 838. The highest BCUT2D eigenvalue weighted by Crippen LogP contribution is 2.39. The molecule has 1 aliphatic carbocycles. The molecule has 0 bridgehead atoms. The van der Waals surface area contributed by atoms with Gasteiger partial charge < -0.3 is 4.74 Å². The lowest BCUT2D eigenvalue weighted by Crippen LogP contribution is -2.35. The summed E-state index contributed by atoms with van der Waals surface area (Å²) in [5.74, 6) is 2.23. The summed E-state index contributed by atoms with van der Waals surface area (Å²) in [5.41, 5.74) is 2.01. The molecule has 186 valence electrons. The Morgan fingerprint density at radius 2 is 1.50 bits per heavy atom. The lowest BCUT2D eigenvalue weighted by atomic mass is 9.71. The molecule has 0 amide bonds. The number of ether oxygens (including phenoxy) is 1. The van der Waals surface area contributed by atoms with E-state index in [4.69, 9.17) is 4.74 Å². The van der Waals surface area contributed by atoms with E-state index >= 15 is 0 Å². The molecule has 1 aromatic carbocycles. The molecule has 5 heteroatoms. The molecular weight excluding hydrogens is 440 g/mol. The number of unbranched alkanes of at least 4 members (excludes halogenated alkanes) is 8. The standard InChI is InChI=1S/C29H42N2O2S/c1-3-5-7-9-10-12-20-34-29-30-21-25(22-31-29)23-14-17-26(18-15-23)33-28(32)27-19-16-24(27)13-11-8-6-4-2/h14-15,17-18,21-22,24,27H,3-13,16,19-20H2,1-2H3/t24-,27-/m1/s1. The number of aromatic nitrogens is 2. The largest absolute Gasteiger partial charge is 0.426 e. The maximum Gasteiger partial charge on any atom is 0.314 e. The fraction of sp³-hybridized carbons (Fsp3) is 0.621. The van der Waals surface area contributed by atoms with Gasteiger partial charge in [0.25, 0.3) is 0 Å². The van der Waals surface area contributed by atoms with Crippen molar-refractivity contribution in [2.24, 2.45) is 11.8 Å². The second-order valence-electron chi connectivity index (χ2n) is 9.61. The maximum absolute atomic E-state index is 12.6. The first-order valence-electron chi connectivity index (χ1n) is 13.5. The SMILES string of the molecule is CCCCCCCCSc1ncc(-c2ccc(OC(=O)[C@@H]3CC[C@H]3CCCCCC)cc2)cn1. The number of carbonyl (C=O) groups is 1. The van der Waals surface area contributed by atoms with Crippen LogP contribution in [0.4, 0.5) is 0 Å². The molecule has 3 rings (SSSR count). The smallest absolute Gasteiger partial charge is 0.314 e. The maximum atomic E-state index is 12.6. The van der Waals surface area contributed by atoms with Crippen LogP contribution in [0, 0.1) is 11.8 Å². The van der Waals surface area contributed by atoms with E-state index < -0.39 is 0 Å². The Labute approximate surface area is 210 Å². The molecule has 1 heterocycles. The fourth-order valence-electron chi connectivity index (χ4n) is 4.55. The van der Waals surface area contributed by atoms with Crippen LogP contribution in [0.25, 0.3) is 11.1 Å². The lowest BCUT2D eigenvalue weighted by molar-refractivity contribution is -0.145. The van der Waals surface area contributed by atoms with E-state index in [1.807, 2.05) is 36.7 Å². The quantitative estimate of drug-likeness (QED) is 0.0789. The highest BCUT2D eigenvalue weighted by molar-refractivity contribution is 7.99. The van der Waals surface area contributed by atoms with Crippen molar-refractivity contribution in [1.29, 1.82) is 0 Å². The number of carbonyl (C=O) groups excluding carboxylic acids is 1. The van der Waals surface area contributed by atoms with Crippen molar-refractivity contribution < 1.29 is 9.53 Å². The Balaban J connectivity index is 1.40. The van der Waals surface area contributed by atoms with Crippen LogP contribution in [0.1, 0.15) is 97.3 Å². The molecule has 2 aromatic rings. The zero-order valence-electron chi connectivity index (χ0n) is 21.1. The Hall–Kier alpha value is -1.88. The Morgan fingerprint density at radius 1 is 0.853 bits per heavy atom. The van der Waals surface area contributed by atoms with Crippen LogP contribution in [0.2, 0.25) is 0 Å². The van der Waals surface area contributed by atoms with Crippen LogP contribution < -0.4 is 4.74 Å². The third kappa shape index (κ3) is 8.72. The van der Waals surface area contributed by atoms with E-state index in [2.05, 4.69) is 23.8 Å². The van der Waals surface area contributed by atoms with E-state index in [0.29, 0.717) is 11.7 Å². The van der Waals surface area contributed by atoms with Crippen LogP contribution in [0.5, 0.6) is 5.75 Å². The summed E-state index contributed by atoms with van der Waals surface area (Å²) in [6.07, 6.45) is 20.0. The summed E-state index contributed by atoms with van der Waals surface area (Å²) < 4.78 is 5.70. The first-order valence-corrected chi connectivity index (χ1v) is 14.5. The lowest BCUT2D eigenvalue weighted by Gasteiger charge is -2.34. The molecule has 1 fully saturated rings. The van der Waals surface area contributed by atoms with E-state index in [0.717, 1.165) is 41.3 Å². The molecule has 1 aromatic heterocycles. The number of esters is 1. The average molecular weight is 483 g/mol. The van der Waals surface area contributed by atoms with Gasteiger partial charge in [-0.2, -0.15) is 0 Å². The Kier molecular flexibility index (Phi) is 11.9. The summed E-state index contributed by atoms with van der Waals surface area (Å²) in [5, 5.41) is 0.840. The highest BCUT2D eigenvalue weighted by atomic mass is 32.2. The van der Waals surface area contributed by atoms with Crippen LogP contribution in [0.3, 0.4) is 0 Å². The van der Waals surface area contributed by atoms with Gasteiger partial charge in [0, 0.05) is 23.7 Å². The molecule has 0 unspecified atom stereocenters. The second kappa shape index (κ2) is 15.2. The third-order valence-corrected chi connectivity index (χ3v) is 7.87. The number of thioether (sulfide) groups is 1. The van der Waals surface area contributed by atoms with Crippen molar-refractivity contribution >= 4 is 17.7 Å². The number of nitrogens with zero attached hydrogens (tertiary/aromatic N) is 2. The molecule has 2 atom stereocenters. The molecule has 0 saturated heterocycles. The minimum Gasteiger partial charge on any atom is -0.426 e. The van der Waals surface area contributed by atoms with Crippen LogP contribution >= 0.6 is 11.8 Å². The molecular formula is C29H42N2O2S. The Morgan fingerprint density at radius 3 is 2.15 bits per heavy atom. The summed E-state index contributed by atoms with van der Waals surface area (Å²) in [6.45, 7) is 4.48. The third-order valence-electron chi connectivity index (χ3n) is 6.91. The second-order valence-corrected chi connectivity index (χ2v) is 10.7. The van der Waals surface area contributed by atoms with E-state index in [1.54, 1.807) is 11.8 Å². The van der Waals surface area contributed by atoms with E-state index in [-0.39, 0.29) is 11.9 Å². The van der Waals surface area contributed by atoms with Gasteiger partial charge in [0.15, 0.2) is 5.16 Å². The monoisotopic (exact) mass is 482 g/mol. The van der Waals surface area contributed by atoms with Crippen LogP contribution in [-0.2, 0) is 4.79 Å². The normalized spacial score (nSPS) is 17.4. The van der Waals surface area contributed by atoms with Gasteiger partial charge in [0.2, 0.25) is 0 Å².